The molecule has 9 nitrogen and oxygen atoms in total. The van der Waals surface area contributed by atoms with E-state index in [1.807, 2.05) is 35.8 Å². The molecule has 1 aromatic heterocycles. The summed E-state index contributed by atoms with van der Waals surface area (Å²) >= 11 is 1.33. The third-order valence-corrected chi connectivity index (χ3v) is 6.35. The first kappa shape index (κ1) is 21.8. The fourth-order valence-corrected chi connectivity index (χ4v) is 4.75. The lowest BCUT2D eigenvalue weighted by atomic mass is 10.0. The summed E-state index contributed by atoms with van der Waals surface area (Å²) < 4.78 is 7.41. The first-order chi connectivity index (χ1) is 15.5. The Kier molecular flexibility index (Phi) is 6.40. The number of non-ortho nitro benzene ring substituents is 1. The number of nitro benzene ring substituents is 1. The van der Waals surface area contributed by atoms with Crippen LogP contribution in [0.4, 0.5) is 11.4 Å². The number of rotatable bonds is 7. The van der Waals surface area contributed by atoms with Gasteiger partial charge in [0.2, 0.25) is 5.91 Å². The van der Waals surface area contributed by atoms with Gasteiger partial charge in [-0.05, 0) is 43.5 Å². The van der Waals surface area contributed by atoms with Crippen LogP contribution in [0.25, 0.3) is 11.4 Å². The van der Waals surface area contributed by atoms with E-state index in [9.17, 15) is 14.9 Å². The number of hydrogen-bond acceptors (Lipinski definition) is 7. The minimum absolute atomic E-state index is 0.0485. The highest BCUT2D eigenvalue weighted by atomic mass is 32.2. The van der Waals surface area contributed by atoms with E-state index in [4.69, 9.17) is 4.74 Å². The lowest BCUT2D eigenvalue weighted by Gasteiger charge is -2.29. The molecule has 0 spiro atoms. The molecule has 32 heavy (non-hydrogen) atoms. The van der Waals surface area contributed by atoms with Gasteiger partial charge in [-0.25, -0.2) is 0 Å². The van der Waals surface area contributed by atoms with Crippen LogP contribution in [0.15, 0.2) is 47.6 Å². The summed E-state index contributed by atoms with van der Waals surface area (Å²) in [5.74, 6) is 1.53. The van der Waals surface area contributed by atoms with Crippen molar-refractivity contribution in [2.24, 2.45) is 0 Å². The lowest BCUT2D eigenvalue weighted by Crippen LogP contribution is -2.36. The fraction of sp³-hybridized carbons (Fsp3) is 0.318. The molecule has 4 rings (SSSR count). The Morgan fingerprint density at radius 2 is 2.06 bits per heavy atom. The molecule has 0 saturated heterocycles. The molecule has 0 radical (unpaired) electrons. The molecule has 0 N–H and O–H groups in total. The van der Waals surface area contributed by atoms with Gasteiger partial charge in [-0.2, -0.15) is 0 Å². The predicted octanol–water partition coefficient (Wildman–Crippen LogP) is 3.95. The van der Waals surface area contributed by atoms with Crippen LogP contribution in [0, 0.1) is 10.1 Å². The molecule has 166 valence electrons. The summed E-state index contributed by atoms with van der Waals surface area (Å²) in [5, 5.41) is 20.4. The van der Waals surface area contributed by atoms with Crippen molar-refractivity contribution >= 4 is 29.0 Å². The first-order valence-corrected chi connectivity index (χ1v) is 11.3. The topological polar surface area (TPSA) is 103 Å². The van der Waals surface area contributed by atoms with Gasteiger partial charge in [-0.1, -0.05) is 23.9 Å². The summed E-state index contributed by atoms with van der Waals surface area (Å²) in [6.07, 6.45) is 1.49. The highest BCUT2D eigenvalue weighted by Gasteiger charge is 2.25. The number of thioether (sulfide) groups is 1. The molecule has 0 unspecified atom stereocenters. The zero-order valence-corrected chi connectivity index (χ0v) is 18.7. The summed E-state index contributed by atoms with van der Waals surface area (Å²) in [7, 11) is 1.62. The van der Waals surface area contributed by atoms with E-state index in [1.165, 1.54) is 17.8 Å². The molecule has 0 saturated carbocycles. The Hall–Kier alpha value is -3.40. The highest BCUT2D eigenvalue weighted by Crippen LogP contribution is 2.33. The van der Waals surface area contributed by atoms with Gasteiger partial charge in [-0.15, -0.1) is 10.2 Å². The minimum atomic E-state index is -0.409. The van der Waals surface area contributed by atoms with Crippen molar-refractivity contribution < 1.29 is 14.5 Å². The van der Waals surface area contributed by atoms with Crippen LogP contribution in [-0.2, 0) is 17.8 Å². The molecule has 0 aliphatic carbocycles. The zero-order chi connectivity index (χ0) is 22.7. The predicted molar refractivity (Wildman–Crippen MR) is 122 cm³/mol. The number of methoxy groups -OCH3 is 1. The van der Waals surface area contributed by atoms with Crippen molar-refractivity contribution in [2.75, 3.05) is 24.3 Å². The molecule has 1 amide bonds. The fourth-order valence-electron chi connectivity index (χ4n) is 3.87. The number of ether oxygens (including phenoxy) is 1. The van der Waals surface area contributed by atoms with Gasteiger partial charge < -0.3 is 14.2 Å². The number of nitrogens with zero attached hydrogens (tertiary/aromatic N) is 5. The number of carbonyl (C=O) groups is 1. The summed E-state index contributed by atoms with van der Waals surface area (Å²) in [6.45, 7) is 3.24. The second kappa shape index (κ2) is 9.39. The Morgan fingerprint density at radius 1 is 1.25 bits per heavy atom. The van der Waals surface area contributed by atoms with Gasteiger partial charge >= 0.3 is 0 Å². The minimum Gasteiger partial charge on any atom is -0.496 e. The van der Waals surface area contributed by atoms with Crippen molar-refractivity contribution in [1.82, 2.24) is 14.8 Å². The summed E-state index contributed by atoms with van der Waals surface area (Å²) in [4.78, 5) is 25.4. The average molecular weight is 454 g/mol. The molecule has 2 aromatic carbocycles. The largest absolute Gasteiger partial charge is 0.496 e. The van der Waals surface area contributed by atoms with E-state index in [0.717, 1.165) is 29.7 Å². The SMILES string of the molecule is CCn1c(SCC(=O)N2CCCc3cc([N+](=O)[O-])ccc32)nnc1-c1ccccc1OC. The molecule has 2 heterocycles. The monoisotopic (exact) mass is 453 g/mol. The second-order valence-corrected chi connectivity index (χ2v) is 8.20. The number of aromatic nitrogens is 3. The second-order valence-electron chi connectivity index (χ2n) is 7.26. The first-order valence-electron chi connectivity index (χ1n) is 10.3. The van der Waals surface area contributed by atoms with E-state index in [0.29, 0.717) is 29.8 Å². The van der Waals surface area contributed by atoms with Crippen LogP contribution < -0.4 is 9.64 Å². The number of carbonyl (C=O) groups excluding carboxylic acids is 1. The van der Waals surface area contributed by atoms with Gasteiger partial charge in [-0.3, -0.25) is 14.9 Å². The maximum absolute atomic E-state index is 13.0. The number of benzene rings is 2. The van der Waals surface area contributed by atoms with Crippen molar-refractivity contribution in [3.05, 3.63) is 58.1 Å². The van der Waals surface area contributed by atoms with Crippen LogP contribution in [0.1, 0.15) is 18.9 Å². The third-order valence-electron chi connectivity index (χ3n) is 5.40. The molecule has 1 aliphatic heterocycles. The van der Waals surface area contributed by atoms with E-state index in [2.05, 4.69) is 10.2 Å². The number of anilines is 1. The lowest BCUT2D eigenvalue weighted by molar-refractivity contribution is -0.384. The third kappa shape index (κ3) is 4.18. The smallest absolute Gasteiger partial charge is 0.269 e. The molecule has 10 heteroatoms. The number of nitro groups is 1. The van der Waals surface area contributed by atoms with E-state index >= 15 is 0 Å². The van der Waals surface area contributed by atoms with Crippen molar-refractivity contribution in [2.45, 2.75) is 31.5 Å². The van der Waals surface area contributed by atoms with Crippen LogP contribution >= 0.6 is 11.8 Å². The molecule has 1 aliphatic rings. The van der Waals surface area contributed by atoms with Crippen LogP contribution in [0.3, 0.4) is 0 Å². The van der Waals surface area contributed by atoms with Gasteiger partial charge in [0.15, 0.2) is 11.0 Å². The van der Waals surface area contributed by atoms with Gasteiger partial charge in [0.1, 0.15) is 5.75 Å². The number of para-hydroxylation sites is 1. The molecule has 3 aromatic rings. The van der Waals surface area contributed by atoms with Crippen LogP contribution in [0.2, 0.25) is 0 Å². The standard InChI is InChI=1S/C22H23N5O4S/c1-3-25-21(17-8-4-5-9-19(17)31-2)23-24-22(25)32-14-20(28)26-12-6-7-15-13-16(27(29)30)10-11-18(15)26/h4-5,8-11,13H,3,6-7,12,14H2,1-2H3. The van der Waals surface area contributed by atoms with E-state index < -0.39 is 4.92 Å². The Morgan fingerprint density at radius 3 is 2.81 bits per heavy atom. The highest BCUT2D eigenvalue weighted by molar-refractivity contribution is 7.99. The molecule has 0 fully saturated rings. The van der Waals surface area contributed by atoms with E-state index in [1.54, 1.807) is 24.1 Å². The Balaban J connectivity index is 1.52. The number of hydrogen-bond donors (Lipinski definition) is 0. The Bertz CT molecular complexity index is 1160. The molecular weight excluding hydrogens is 430 g/mol. The Labute approximate surface area is 189 Å². The number of amides is 1. The van der Waals surface area contributed by atoms with Crippen LogP contribution in [-0.4, -0.2) is 45.0 Å². The quantitative estimate of drug-likeness (QED) is 0.303. The zero-order valence-electron chi connectivity index (χ0n) is 17.9. The normalized spacial score (nSPS) is 13.0. The average Bonchev–Trinajstić information content (AvgIpc) is 3.24. The number of fused-ring (bicyclic) bond motifs is 1. The maximum atomic E-state index is 13.0. The maximum Gasteiger partial charge on any atom is 0.269 e. The van der Waals surface area contributed by atoms with Crippen molar-refractivity contribution in [3.63, 3.8) is 0 Å². The number of aryl methyl sites for hydroxylation is 1. The van der Waals surface area contributed by atoms with Gasteiger partial charge in [0.25, 0.3) is 5.69 Å². The van der Waals surface area contributed by atoms with Crippen molar-refractivity contribution in [3.8, 4) is 17.1 Å². The van der Waals surface area contributed by atoms with Crippen molar-refractivity contribution in [1.29, 1.82) is 0 Å². The van der Waals surface area contributed by atoms with Gasteiger partial charge in [0, 0.05) is 30.9 Å². The molecule has 0 bridgehead atoms. The van der Waals surface area contributed by atoms with Gasteiger partial charge in [0.05, 0.1) is 23.3 Å². The molecule has 0 atom stereocenters. The van der Waals surface area contributed by atoms with Crippen LogP contribution in [0.5, 0.6) is 5.75 Å². The molecular formula is C22H23N5O4S. The van der Waals surface area contributed by atoms with E-state index in [-0.39, 0.29) is 17.3 Å². The summed E-state index contributed by atoms with van der Waals surface area (Å²) in [6, 6.07) is 12.3. The summed E-state index contributed by atoms with van der Waals surface area (Å²) in [5.41, 5.74) is 2.47.